The fourth-order valence-electron chi connectivity index (χ4n) is 2.29. The molecule has 1 N–H and O–H groups in total. The predicted molar refractivity (Wildman–Crippen MR) is 97.8 cm³/mol. The number of carbonyl (C=O) groups excluding carboxylic acids is 1. The molecule has 6 nitrogen and oxygen atoms in total. The number of thioether (sulfide) groups is 1. The number of tetrazole rings is 1. The number of nitrogens with zero attached hydrogens (tertiary/aromatic N) is 4. The molecule has 0 aliphatic carbocycles. The summed E-state index contributed by atoms with van der Waals surface area (Å²) >= 11 is 1.32. The molecule has 0 aliphatic rings. The monoisotopic (exact) mass is 353 g/mol. The van der Waals surface area contributed by atoms with Gasteiger partial charge in [-0.25, -0.2) is 0 Å². The minimum Gasteiger partial charge on any atom is -0.355 e. The first-order valence-electron chi connectivity index (χ1n) is 8.01. The number of rotatable bonds is 7. The summed E-state index contributed by atoms with van der Waals surface area (Å²) in [4.78, 5) is 12.0. The van der Waals surface area contributed by atoms with E-state index in [1.54, 1.807) is 4.68 Å². The van der Waals surface area contributed by atoms with E-state index >= 15 is 0 Å². The number of nitrogens with one attached hydrogen (secondary N) is 1. The summed E-state index contributed by atoms with van der Waals surface area (Å²) in [6.45, 7) is 2.64. The van der Waals surface area contributed by atoms with Crippen LogP contribution in [0.2, 0.25) is 0 Å². The lowest BCUT2D eigenvalue weighted by Gasteiger charge is -2.06. The van der Waals surface area contributed by atoms with Crippen LogP contribution in [0.25, 0.3) is 5.69 Å². The van der Waals surface area contributed by atoms with Gasteiger partial charge in [0, 0.05) is 6.54 Å². The van der Waals surface area contributed by atoms with Crippen molar-refractivity contribution in [2.45, 2.75) is 18.5 Å². The van der Waals surface area contributed by atoms with Crippen LogP contribution in [0.5, 0.6) is 0 Å². The number of hydrogen-bond donors (Lipinski definition) is 1. The van der Waals surface area contributed by atoms with E-state index < -0.39 is 0 Å². The molecule has 0 atom stereocenters. The lowest BCUT2D eigenvalue weighted by atomic mass is 10.1. The second-order valence-corrected chi connectivity index (χ2v) is 6.53. The number of hydrogen-bond acceptors (Lipinski definition) is 5. The maximum absolute atomic E-state index is 12.0. The van der Waals surface area contributed by atoms with Crippen molar-refractivity contribution in [3.8, 4) is 5.69 Å². The molecule has 1 aromatic heterocycles. The zero-order valence-corrected chi connectivity index (χ0v) is 14.7. The van der Waals surface area contributed by atoms with Crippen LogP contribution in [-0.2, 0) is 11.2 Å². The van der Waals surface area contributed by atoms with Gasteiger partial charge in [0.25, 0.3) is 0 Å². The number of aryl methyl sites for hydroxylation is 1. The highest BCUT2D eigenvalue weighted by molar-refractivity contribution is 7.99. The van der Waals surface area contributed by atoms with Crippen molar-refractivity contribution in [1.82, 2.24) is 25.5 Å². The van der Waals surface area contributed by atoms with E-state index in [1.807, 2.05) is 49.4 Å². The molecule has 0 saturated carbocycles. The fraction of sp³-hybridized carbons (Fsp3) is 0.222. The zero-order chi connectivity index (χ0) is 17.5. The first kappa shape index (κ1) is 17.2. The van der Waals surface area contributed by atoms with E-state index in [4.69, 9.17) is 0 Å². The van der Waals surface area contributed by atoms with Crippen molar-refractivity contribution < 1.29 is 4.79 Å². The summed E-state index contributed by atoms with van der Waals surface area (Å²) < 4.78 is 1.64. The molecular weight excluding hydrogens is 334 g/mol. The molecule has 7 heteroatoms. The lowest BCUT2D eigenvalue weighted by molar-refractivity contribution is -0.118. The quantitative estimate of drug-likeness (QED) is 0.661. The van der Waals surface area contributed by atoms with E-state index in [-0.39, 0.29) is 11.7 Å². The minimum absolute atomic E-state index is 0.0283. The van der Waals surface area contributed by atoms with E-state index in [9.17, 15) is 4.79 Å². The van der Waals surface area contributed by atoms with Gasteiger partial charge in [-0.3, -0.25) is 4.79 Å². The normalized spacial score (nSPS) is 10.6. The van der Waals surface area contributed by atoms with E-state index in [0.29, 0.717) is 11.7 Å². The number of benzene rings is 2. The van der Waals surface area contributed by atoms with Crippen LogP contribution in [0.4, 0.5) is 0 Å². The third-order valence-electron chi connectivity index (χ3n) is 3.63. The minimum atomic E-state index is -0.0283. The molecule has 2 aromatic carbocycles. The van der Waals surface area contributed by atoms with Crippen molar-refractivity contribution in [3.63, 3.8) is 0 Å². The van der Waals surface area contributed by atoms with Gasteiger partial charge in [-0.05, 0) is 41.5 Å². The molecule has 1 amide bonds. The molecule has 1 heterocycles. The van der Waals surface area contributed by atoms with Crippen LogP contribution in [-0.4, -0.2) is 38.4 Å². The Bertz CT molecular complexity index is 817. The van der Waals surface area contributed by atoms with Crippen molar-refractivity contribution >= 4 is 17.7 Å². The largest absolute Gasteiger partial charge is 0.355 e. The molecule has 0 bridgehead atoms. The molecule has 0 saturated heterocycles. The first-order chi connectivity index (χ1) is 12.2. The molecule has 0 spiro atoms. The standard InChI is InChI=1S/C18H19N5OS/c1-14-7-9-16(10-8-14)23-18(20-21-22-23)25-13-17(24)19-12-11-15-5-3-2-4-6-15/h2-10H,11-13H2,1H3,(H,19,24). The predicted octanol–water partition coefficient (Wildman–Crippen LogP) is 2.42. The molecule has 0 radical (unpaired) electrons. The van der Waals surface area contributed by atoms with Crippen LogP contribution in [0, 0.1) is 6.92 Å². The summed E-state index contributed by atoms with van der Waals surface area (Å²) in [7, 11) is 0. The van der Waals surface area contributed by atoms with E-state index in [0.717, 1.165) is 12.1 Å². The maximum atomic E-state index is 12.0. The number of amides is 1. The highest BCUT2D eigenvalue weighted by Crippen LogP contribution is 2.18. The topological polar surface area (TPSA) is 72.7 Å². The van der Waals surface area contributed by atoms with E-state index in [1.165, 1.54) is 22.9 Å². The Morgan fingerprint density at radius 3 is 2.64 bits per heavy atom. The van der Waals surface area contributed by atoms with Crippen LogP contribution < -0.4 is 5.32 Å². The van der Waals surface area contributed by atoms with Crippen molar-refractivity contribution in [3.05, 3.63) is 65.7 Å². The van der Waals surface area contributed by atoms with Gasteiger partial charge in [-0.15, -0.1) is 5.10 Å². The van der Waals surface area contributed by atoms with Gasteiger partial charge in [0.1, 0.15) is 0 Å². The molecule has 0 aliphatic heterocycles. The summed E-state index contributed by atoms with van der Waals surface area (Å²) in [6, 6.07) is 18.0. The molecular formula is C18H19N5OS. The summed E-state index contributed by atoms with van der Waals surface area (Å²) in [5.41, 5.74) is 3.25. The molecule has 0 unspecified atom stereocenters. The van der Waals surface area contributed by atoms with Gasteiger partial charge < -0.3 is 5.32 Å². The Morgan fingerprint density at radius 2 is 1.88 bits per heavy atom. The number of aromatic nitrogens is 4. The van der Waals surface area contributed by atoms with Crippen molar-refractivity contribution in [2.75, 3.05) is 12.3 Å². The molecule has 3 aromatic rings. The maximum Gasteiger partial charge on any atom is 0.230 e. The molecule has 0 fully saturated rings. The third-order valence-corrected chi connectivity index (χ3v) is 4.55. The summed E-state index contributed by atoms with van der Waals surface area (Å²) in [5, 5.41) is 15.2. The second kappa shape index (κ2) is 8.43. The SMILES string of the molecule is Cc1ccc(-n2nnnc2SCC(=O)NCCc2ccccc2)cc1. The van der Waals surface area contributed by atoms with Crippen LogP contribution >= 0.6 is 11.8 Å². The average Bonchev–Trinajstić information content (AvgIpc) is 3.10. The van der Waals surface area contributed by atoms with Crippen molar-refractivity contribution in [1.29, 1.82) is 0 Å². The van der Waals surface area contributed by atoms with E-state index in [2.05, 4.69) is 33.0 Å². The Balaban J connectivity index is 1.49. The molecule has 128 valence electrons. The summed E-state index contributed by atoms with van der Waals surface area (Å²) in [6.07, 6.45) is 0.818. The average molecular weight is 353 g/mol. The number of carbonyl (C=O) groups is 1. The van der Waals surface area contributed by atoms with Crippen LogP contribution in [0.1, 0.15) is 11.1 Å². The first-order valence-corrected chi connectivity index (χ1v) is 9.00. The summed E-state index contributed by atoms with van der Waals surface area (Å²) in [5.74, 6) is 0.250. The van der Waals surface area contributed by atoms with Gasteiger partial charge in [0.15, 0.2) is 0 Å². The Morgan fingerprint density at radius 1 is 1.12 bits per heavy atom. The highest BCUT2D eigenvalue weighted by Gasteiger charge is 2.11. The van der Waals surface area contributed by atoms with Gasteiger partial charge in [0.2, 0.25) is 11.1 Å². The van der Waals surface area contributed by atoms with Crippen LogP contribution in [0.15, 0.2) is 59.8 Å². The van der Waals surface area contributed by atoms with Crippen molar-refractivity contribution in [2.24, 2.45) is 0 Å². The highest BCUT2D eigenvalue weighted by atomic mass is 32.2. The Hall–Kier alpha value is -2.67. The smallest absolute Gasteiger partial charge is 0.230 e. The van der Waals surface area contributed by atoms with Gasteiger partial charge in [0.05, 0.1) is 11.4 Å². The molecule has 3 rings (SSSR count). The van der Waals surface area contributed by atoms with Crippen LogP contribution in [0.3, 0.4) is 0 Å². The second-order valence-electron chi connectivity index (χ2n) is 5.58. The lowest BCUT2D eigenvalue weighted by Crippen LogP contribution is -2.27. The fourth-order valence-corrected chi connectivity index (χ4v) is 3.01. The third kappa shape index (κ3) is 4.90. The zero-order valence-electron chi connectivity index (χ0n) is 13.9. The Labute approximate surface area is 150 Å². The van der Waals surface area contributed by atoms with Gasteiger partial charge >= 0.3 is 0 Å². The van der Waals surface area contributed by atoms with Gasteiger partial charge in [-0.2, -0.15) is 4.68 Å². The Kier molecular flexibility index (Phi) is 5.79. The van der Waals surface area contributed by atoms with Gasteiger partial charge in [-0.1, -0.05) is 59.8 Å². The molecule has 25 heavy (non-hydrogen) atoms.